The summed E-state index contributed by atoms with van der Waals surface area (Å²) in [6.07, 6.45) is 0.583. The van der Waals surface area contributed by atoms with Crippen LogP contribution in [0.2, 0.25) is 0 Å². The first-order chi connectivity index (χ1) is 24.7. The predicted molar refractivity (Wildman–Crippen MR) is 195 cm³/mol. The number of rotatable bonds is 22. The van der Waals surface area contributed by atoms with E-state index in [1.807, 2.05) is 19.9 Å². The van der Waals surface area contributed by atoms with E-state index in [1.54, 1.807) is 54.6 Å². The van der Waals surface area contributed by atoms with E-state index >= 15 is 0 Å². The molecule has 17 heteroatoms. The Balaban J connectivity index is 2.37. The number of carbonyl (C=O) groups excluding carboxylic acids is 6. The van der Waals surface area contributed by atoms with Crippen LogP contribution in [0, 0.1) is 5.92 Å². The summed E-state index contributed by atoms with van der Waals surface area (Å²) >= 11 is 0. The van der Waals surface area contributed by atoms with Gasteiger partial charge in [0.05, 0.1) is 13.2 Å². The first kappa shape index (κ1) is 42.6. The van der Waals surface area contributed by atoms with E-state index in [2.05, 4.69) is 31.6 Å². The minimum Gasteiger partial charge on any atom is -0.394 e. The Morgan fingerprint density at radius 2 is 1.12 bits per heavy atom. The number of benzene rings is 2. The maximum Gasteiger partial charge on any atom is 0.245 e. The highest BCUT2D eigenvalue weighted by atomic mass is 16.3. The molecule has 0 radical (unpaired) electrons. The van der Waals surface area contributed by atoms with E-state index < -0.39 is 78.8 Å². The number of aliphatic imine (C=N–C) groups is 1. The molecule has 6 amide bonds. The number of hydrogen-bond acceptors (Lipinski definition) is 9. The topological polar surface area (TPSA) is 299 Å². The minimum absolute atomic E-state index is 0.00678. The van der Waals surface area contributed by atoms with Crippen LogP contribution in [0.4, 0.5) is 0 Å². The molecule has 284 valence electrons. The molecule has 0 unspecified atom stereocenters. The molecule has 0 fully saturated rings. The SMILES string of the molecule is CC(C)C[C@H](NC(=O)[C@H](CO)NC(=O)CN)C(=O)N[C@@H](Cc1ccccc1)C(=O)N[C@@H](CCCN=C(N)N)C(=O)N[C@@H](Cc1ccccc1)C(N)=O. The van der Waals surface area contributed by atoms with Crippen LogP contribution in [0.3, 0.4) is 0 Å². The molecule has 0 saturated carbocycles. The van der Waals surface area contributed by atoms with Crippen molar-refractivity contribution in [1.82, 2.24) is 26.6 Å². The molecular formula is C35H52N10O7. The van der Waals surface area contributed by atoms with Gasteiger partial charge in [0.15, 0.2) is 5.96 Å². The number of amides is 6. The van der Waals surface area contributed by atoms with Crippen molar-refractivity contribution < 1.29 is 33.9 Å². The maximum absolute atomic E-state index is 14.0. The number of aliphatic hydroxyl groups is 1. The van der Waals surface area contributed by atoms with Crippen LogP contribution in [0.1, 0.15) is 44.2 Å². The Kier molecular flexibility index (Phi) is 18.3. The molecule has 0 aliphatic rings. The van der Waals surface area contributed by atoms with Crippen LogP contribution < -0.4 is 49.5 Å². The molecule has 2 aromatic carbocycles. The zero-order valence-corrected chi connectivity index (χ0v) is 29.5. The first-order valence-electron chi connectivity index (χ1n) is 17.0. The molecule has 0 aliphatic heterocycles. The third-order valence-electron chi connectivity index (χ3n) is 7.80. The van der Waals surface area contributed by atoms with Gasteiger partial charge in [-0.15, -0.1) is 0 Å². The van der Waals surface area contributed by atoms with Gasteiger partial charge in [-0.3, -0.25) is 33.8 Å². The Bertz CT molecular complexity index is 1500. The third kappa shape index (κ3) is 15.6. The Morgan fingerprint density at radius 1 is 0.654 bits per heavy atom. The lowest BCUT2D eigenvalue weighted by Gasteiger charge is -2.27. The standard InChI is InChI=1S/C35H52N10O7/c1-21(2)16-26(44-34(52)28(20-46)41-29(47)19-36)32(50)45-27(18-23-12-7-4-8-13-23)33(51)42-24(14-9-15-40-35(38)39)31(49)43-25(30(37)48)17-22-10-5-3-6-11-22/h3-8,10-13,21,24-28,46H,9,14-20,36H2,1-2H3,(H2,37,48)(H,41,47)(H,42,51)(H,43,49)(H,44,52)(H,45,50)(H4,38,39,40)/t24-,25-,26-,27-,28-/m0/s1. The number of primary amides is 1. The van der Waals surface area contributed by atoms with Gasteiger partial charge in [-0.25, -0.2) is 0 Å². The van der Waals surface area contributed by atoms with Crippen LogP contribution in [0.15, 0.2) is 65.7 Å². The van der Waals surface area contributed by atoms with Crippen molar-refractivity contribution in [2.45, 2.75) is 76.2 Å². The van der Waals surface area contributed by atoms with E-state index in [1.165, 1.54) is 0 Å². The number of guanidine groups is 1. The van der Waals surface area contributed by atoms with Crippen LogP contribution in [0.5, 0.6) is 0 Å². The molecule has 0 saturated heterocycles. The average molecular weight is 725 g/mol. The number of carbonyl (C=O) groups is 6. The summed E-state index contributed by atoms with van der Waals surface area (Å²) in [7, 11) is 0. The molecule has 0 heterocycles. The fourth-order valence-corrected chi connectivity index (χ4v) is 5.14. The number of nitrogens with zero attached hydrogens (tertiary/aromatic N) is 1. The maximum atomic E-state index is 14.0. The van der Waals surface area contributed by atoms with E-state index in [9.17, 15) is 33.9 Å². The Hall–Kier alpha value is -5.55. The van der Waals surface area contributed by atoms with Gasteiger partial charge >= 0.3 is 0 Å². The van der Waals surface area contributed by atoms with Crippen LogP contribution in [-0.2, 0) is 41.6 Å². The summed E-state index contributed by atoms with van der Waals surface area (Å²) in [5, 5.41) is 22.6. The number of aliphatic hydroxyl groups excluding tert-OH is 1. The second-order valence-corrected chi connectivity index (χ2v) is 12.6. The van der Waals surface area contributed by atoms with Crippen molar-refractivity contribution in [3.05, 3.63) is 71.8 Å². The van der Waals surface area contributed by atoms with E-state index in [4.69, 9.17) is 22.9 Å². The summed E-state index contributed by atoms with van der Waals surface area (Å²) in [5.74, 6) is -4.67. The van der Waals surface area contributed by atoms with Crippen molar-refractivity contribution in [2.75, 3.05) is 19.7 Å². The van der Waals surface area contributed by atoms with Crippen molar-refractivity contribution >= 4 is 41.4 Å². The molecule has 52 heavy (non-hydrogen) atoms. The van der Waals surface area contributed by atoms with E-state index in [0.717, 1.165) is 5.56 Å². The molecule has 0 aliphatic carbocycles. The molecule has 2 rings (SSSR count). The zero-order chi connectivity index (χ0) is 38.6. The van der Waals surface area contributed by atoms with Gasteiger partial charge < -0.3 is 54.6 Å². The normalized spacial score (nSPS) is 13.7. The van der Waals surface area contributed by atoms with Crippen molar-refractivity contribution in [2.24, 2.45) is 33.8 Å². The van der Waals surface area contributed by atoms with Crippen molar-refractivity contribution in [3.63, 3.8) is 0 Å². The lowest BCUT2D eigenvalue weighted by molar-refractivity contribution is -0.135. The highest BCUT2D eigenvalue weighted by Gasteiger charge is 2.32. The second-order valence-electron chi connectivity index (χ2n) is 12.6. The predicted octanol–water partition coefficient (Wildman–Crippen LogP) is -2.57. The molecule has 0 aromatic heterocycles. The molecule has 14 N–H and O–H groups in total. The van der Waals surface area contributed by atoms with E-state index in [0.29, 0.717) is 5.56 Å². The van der Waals surface area contributed by atoms with Crippen LogP contribution in [0.25, 0.3) is 0 Å². The Morgan fingerprint density at radius 3 is 1.62 bits per heavy atom. The average Bonchev–Trinajstić information content (AvgIpc) is 3.11. The van der Waals surface area contributed by atoms with Gasteiger partial charge in [-0.1, -0.05) is 74.5 Å². The highest BCUT2D eigenvalue weighted by Crippen LogP contribution is 2.10. The van der Waals surface area contributed by atoms with Crippen LogP contribution in [-0.4, -0.2) is 96.4 Å². The number of nitrogens with two attached hydrogens (primary N) is 4. The summed E-state index contributed by atoms with van der Waals surface area (Å²) < 4.78 is 0. The second kappa shape index (κ2) is 22.3. The molecule has 0 spiro atoms. The van der Waals surface area contributed by atoms with E-state index in [-0.39, 0.29) is 50.5 Å². The fraction of sp³-hybridized carbons (Fsp3) is 0.457. The van der Waals surface area contributed by atoms with Gasteiger partial charge in [0.2, 0.25) is 35.4 Å². The third-order valence-corrected chi connectivity index (χ3v) is 7.80. The Labute approximate surface area is 303 Å². The molecular weight excluding hydrogens is 672 g/mol. The zero-order valence-electron chi connectivity index (χ0n) is 29.5. The van der Waals surface area contributed by atoms with Gasteiger partial charge in [0.1, 0.15) is 30.2 Å². The number of nitrogens with one attached hydrogen (secondary N) is 5. The summed E-state index contributed by atoms with van der Waals surface area (Å²) in [4.78, 5) is 82.4. The summed E-state index contributed by atoms with van der Waals surface area (Å²) in [6, 6.07) is 11.7. The van der Waals surface area contributed by atoms with Gasteiger partial charge in [-0.2, -0.15) is 0 Å². The summed E-state index contributed by atoms with van der Waals surface area (Å²) in [5.41, 5.74) is 23.3. The van der Waals surface area contributed by atoms with Crippen molar-refractivity contribution in [3.8, 4) is 0 Å². The van der Waals surface area contributed by atoms with Crippen LogP contribution >= 0.6 is 0 Å². The minimum atomic E-state index is -1.37. The molecule has 0 bridgehead atoms. The fourth-order valence-electron chi connectivity index (χ4n) is 5.14. The lowest BCUT2D eigenvalue weighted by atomic mass is 10.00. The van der Waals surface area contributed by atoms with Gasteiger partial charge in [0.25, 0.3) is 0 Å². The largest absolute Gasteiger partial charge is 0.394 e. The molecule has 5 atom stereocenters. The first-order valence-corrected chi connectivity index (χ1v) is 17.0. The highest BCUT2D eigenvalue weighted by molar-refractivity contribution is 5.96. The van der Waals surface area contributed by atoms with Crippen molar-refractivity contribution in [1.29, 1.82) is 0 Å². The molecule has 17 nitrogen and oxygen atoms in total. The smallest absolute Gasteiger partial charge is 0.245 e. The number of hydrogen-bond donors (Lipinski definition) is 10. The summed E-state index contributed by atoms with van der Waals surface area (Å²) in [6.45, 7) is 2.62. The quantitative estimate of drug-likeness (QED) is 0.0344. The van der Waals surface area contributed by atoms with Gasteiger partial charge in [-0.05, 0) is 36.3 Å². The monoisotopic (exact) mass is 724 g/mol. The lowest BCUT2D eigenvalue weighted by Crippen LogP contribution is -2.60. The van der Waals surface area contributed by atoms with Gasteiger partial charge in [0, 0.05) is 19.4 Å². The molecule has 2 aromatic rings.